The van der Waals surface area contributed by atoms with E-state index in [1.807, 2.05) is 6.07 Å². The van der Waals surface area contributed by atoms with E-state index < -0.39 is 0 Å². The van der Waals surface area contributed by atoms with Crippen LogP contribution in [0.5, 0.6) is 0 Å². The average molecular weight is 158 g/mol. The first kappa shape index (κ1) is 8.26. The summed E-state index contributed by atoms with van der Waals surface area (Å²) < 4.78 is 0. The standard InChI is InChI=1S/C9H6N2O/c10-7-9-4-1-3-8(11-9)5-2-6-12/h1,3-4,12H,6H2. The molecule has 1 aromatic rings. The van der Waals surface area contributed by atoms with Crippen LogP contribution in [0.3, 0.4) is 0 Å². The largest absolute Gasteiger partial charge is 0.384 e. The predicted molar refractivity (Wildman–Crippen MR) is 42.9 cm³/mol. The van der Waals surface area contributed by atoms with Crippen LogP contribution >= 0.6 is 0 Å². The Morgan fingerprint density at radius 1 is 1.42 bits per heavy atom. The SMILES string of the molecule is N#Cc1cccc(C#CCO)n1. The Hall–Kier alpha value is -1.84. The quantitative estimate of drug-likeness (QED) is 0.552. The highest BCUT2D eigenvalue weighted by molar-refractivity contribution is 5.31. The minimum atomic E-state index is -0.196. The predicted octanol–water partition coefficient (Wildman–Crippen LogP) is 0.297. The van der Waals surface area contributed by atoms with Crippen molar-refractivity contribution >= 4 is 0 Å². The van der Waals surface area contributed by atoms with Crippen LogP contribution in [0.4, 0.5) is 0 Å². The van der Waals surface area contributed by atoms with Crippen molar-refractivity contribution in [3.8, 4) is 17.9 Å². The topological polar surface area (TPSA) is 56.9 Å². The molecular formula is C9H6N2O. The van der Waals surface area contributed by atoms with Crippen molar-refractivity contribution in [2.24, 2.45) is 0 Å². The summed E-state index contributed by atoms with van der Waals surface area (Å²) in [6.07, 6.45) is 0. The molecular weight excluding hydrogens is 152 g/mol. The third-order valence-corrected chi connectivity index (χ3v) is 1.16. The van der Waals surface area contributed by atoms with E-state index >= 15 is 0 Å². The molecule has 58 valence electrons. The molecule has 0 aromatic carbocycles. The van der Waals surface area contributed by atoms with Crippen molar-refractivity contribution in [3.05, 3.63) is 29.6 Å². The first-order valence-corrected chi connectivity index (χ1v) is 3.33. The molecule has 0 atom stereocenters. The van der Waals surface area contributed by atoms with Gasteiger partial charge in [-0.1, -0.05) is 12.0 Å². The van der Waals surface area contributed by atoms with E-state index in [-0.39, 0.29) is 6.61 Å². The molecule has 0 aliphatic heterocycles. The van der Waals surface area contributed by atoms with Crippen LogP contribution in [0.15, 0.2) is 18.2 Å². The van der Waals surface area contributed by atoms with Crippen LogP contribution in [-0.2, 0) is 0 Å². The summed E-state index contributed by atoms with van der Waals surface area (Å²) in [5, 5.41) is 16.9. The van der Waals surface area contributed by atoms with E-state index in [1.165, 1.54) is 0 Å². The van der Waals surface area contributed by atoms with E-state index in [4.69, 9.17) is 10.4 Å². The lowest BCUT2D eigenvalue weighted by Gasteiger charge is -1.88. The number of nitriles is 1. The summed E-state index contributed by atoms with van der Waals surface area (Å²) in [7, 11) is 0. The highest BCUT2D eigenvalue weighted by Gasteiger charge is 1.91. The second-order valence-electron chi connectivity index (χ2n) is 1.98. The normalized spacial score (nSPS) is 8.00. The molecule has 0 saturated carbocycles. The molecule has 0 fully saturated rings. The van der Waals surface area contributed by atoms with Crippen LogP contribution in [0, 0.1) is 23.2 Å². The summed E-state index contributed by atoms with van der Waals surface area (Å²) in [6.45, 7) is -0.196. The number of pyridine rings is 1. The Bertz CT molecular complexity index is 368. The monoisotopic (exact) mass is 158 g/mol. The minimum Gasteiger partial charge on any atom is -0.384 e. The van der Waals surface area contributed by atoms with Gasteiger partial charge in [0.25, 0.3) is 0 Å². The first-order valence-electron chi connectivity index (χ1n) is 3.33. The van der Waals surface area contributed by atoms with E-state index in [0.717, 1.165) is 0 Å². The molecule has 0 amide bonds. The molecule has 3 heteroatoms. The maximum Gasteiger partial charge on any atom is 0.141 e. The Kier molecular flexibility index (Phi) is 2.84. The Labute approximate surface area is 70.3 Å². The zero-order valence-corrected chi connectivity index (χ0v) is 6.28. The lowest BCUT2D eigenvalue weighted by Crippen LogP contribution is -1.86. The molecule has 0 radical (unpaired) electrons. The van der Waals surface area contributed by atoms with E-state index in [0.29, 0.717) is 11.4 Å². The van der Waals surface area contributed by atoms with E-state index in [2.05, 4.69) is 16.8 Å². The van der Waals surface area contributed by atoms with Crippen LogP contribution < -0.4 is 0 Å². The van der Waals surface area contributed by atoms with Crippen molar-refractivity contribution in [3.63, 3.8) is 0 Å². The van der Waals surface area contributed by atoms with E-state index in [9.17, 15) is 0 Å². The summed E-state index contributed by atoms with van der Waals surface area (Å²) in [4.78, 5) is 3.88. The van der Waals surface area contributed by atoms with Gasteiger partial charge in [-0.2, -0.15) is 5.26 Å². The number of rotatable bonds is 0. The highest BCUT2D eigenvalue weighted by Crippen LogP contribution is 1.95. The van der Waals surface area contributed by atoms with E-state index in [1.54, 1.807) is 18.2 Å². The van der Waals surface area contributed by atoms with Crippen LogP contribution in [-0.4, -0.2) is 16.7 Å². The number of hydrogen-bond donors (Lipinski definition) is 1. The highest BCUT2D eigenvalue weighted by atomic mass is 16.2. The molecule has 0 spiro atoms. The van der Waals surface area contributed by atoms with Gasteiger partial charge in [-0.25, -0.2) is 4.98 Å². The molecule has 0 saturated heterocycles. The molecule has 1 aromatic heterocycles. The zero-order chi connectivity index (χ0) is 8.81. The third-order valence-electron chi connectivity index (χ3n) is 1.16. The van der Waals surface area contributed by atoms with Crippen molar-refractivity contribution in [1.29, 1.82) is 5.26 Å². The van der Waals surface area contributed by atoms with Crippen molar-refractivity contribution in [2.75, 3.05) is 6.61 Å². The van der Waals surface area contributed by atoms with Gasteiger partial charge in [-0.05, 0) is 18.1 Å². The molecule has 1 rings (SSSR count). The Morgan fingerprint density at radius 3 is 2.83 bits per heavy atom. The second kappa shape index (κ2) is 4.12. The van der Waals surface area contributed by atoms with Gasteiger partial charge in [0.1, 0.15) is 24.1 Å². The summed E-state index contributed by atoms with van der Waals surface area (Å²) in [5.74, 6) is 5.06. The Balaban J connectivity index is 2.96. The lowest BCUT2D eigenvalue weighted by molar-refractivity contribution is 0.350. The molecule has 0 aliphatic carbocycles. The fourth-order valence-corrected chi connectivity index (χ4v) is 0.697. The molecule has 1 N–H and O–H groups in total. The molecule has 0 aliphatic rings. The number of aliphatic hydroxyl groups excluding tert-OH is 1. The summed E-state index contributed by atoms with van der Waals surface area (Å²) >= 11 is 0. The maximum atomic E-state index is 8.48. The van der Waals surface area contributed by atoms with Crippen molar-refractivity contribution < 1.29 is 5.11 Å². The molecule has 0 unspecified atom stereocenters. The molecule has 3 nitrogen and oxygen atoms in total. The smallest absolute Gasteiger partial charge is 0.141 e. The average Bonchev–Trinajstić information content (AvgIpc) is 2.15. The van der Waals surface area contributed by atoms with Gasteiger partial charge >= 0.3 is 0 Å². The Morgan fingerprint density at radius 2 is 2.17 bits per heavy atom. The fourth-order valence-electron chi connectivity index (χ4n) is 0.697. The van der Waals surface area contributed by atoms with Gasteiger partial charge in [0.05, 0.1) is 0 Å². The number of aliphatic hydroxyl groups is 1. The van der Waals surface area contributed by atoms with Gasteiger partial charge < -0.3 is 5.11 Å². The van der Waals surface area contributed by atoms with Gasteiger partial charge in [0.15, 0.2) is 0 Å². The van der Waals surface area contributed by atoms with Gasteiger partial charge in [-0.3, -0.25) is 0 Å². The lowest BCUT2D eigenvalue weighted by atomic mass is 10.3. The number of hydrogen-bond acceptors (Lipinski definition) is 3. The number of aromatic nitrogens is 1. The van der Waals surface area contributed by atoms with Gasteiger partial charge in [0, 0.05) is 0 Å². The molecule has 0 bridgehead atoms. The number of nitrogens with zero attached hydrogens (tertiary/aromatic N) is 2. The van der Waals surface area contributed by atoms with Gasteiger partial charge in [-0.15, -0.1) is 0 Å². The molecule has 1 heterocycles. The zero-order valence-electron chi connectivity index (χ0n) is 6.28. The van der Waals surface area contributed by atoms with Crippen LogP contribution in [0.2, 0.25) is 0 Å². The second-order valence-corrected chi connectivity index (χ2v) is 1.98. The third kappa shape index (κ3) is 2.09. The van der Waals surface area contributed by atoms with Crippen molar-refractivity contribution in [2.45, 2.75) is 0 Å². The van der Waals surface area contributed by atoms with Crippen LogP contribution in [0.25, 0.3) is 0 Å². The fraction of sp³-hybridized carbons (Fsp3) is 0.111. The van der Waals surface area contributed by atoms with Gasteiger partial charge in [0.2, 0.25) is 0 Å². The summed E-state index contributed by atoms with van der Waals surface area (Å²) in [5.41, 5.74) is 0.836. The summed E-state index contributed by atoms with van der Waals surface area (Å²) in [6, 6.07) is 6.89. The molecule has 12 heavy (non-hydrogen) atoms. The van der Waals surface area contributed by atoms with Crippen LogP contribution in [0.1, 0.15) is 11.4 Å². The minimum absolute atomic E-state index is 0.196. The van der Waals surface area contributed by atoms with Crippen molar-refractivity contribution in [1.82, 2.24) is 4.98 Å². The first-order chi connectivity index (χ1) is 5.86. The maximum absolute atomic E-state index is 8.48.